The second-order valence-corrected chi connectivity index (χ2v) is 8.22. The number of nitrogens with one attached hydrogen (secondary N) is 1. The lowest BCUT2D eigenvalue weighted by Crippen LogP contribution is -2.38. The van der Waals surface area contributed by atoms with E-state index in [2.05, 4.69) is 26.1 Å². The van der Waals surface area contributed by atoms with Crippen LogP contribution in [-0.4, -0.2) is 37.6 Å². The third kappa shape index (κ3) is 3.68. The average molecular weight is 391 g/mol. The first-order chi connectivity index (χ1) is 13.8. The van der Waals surface area contributed by atoms with Crippen LogP contribution in [0.3, 0.4) is 0 Å². The van der Waals surface area contributed by atoms with Crippen LogP contribution in [-0.2, 0) is 23.4 Å². The van der Waals surface area contributed by atoms with E-state index in [4.69, 9.17) is 5.10 Å². The number of nitrogens with zero attached hydrogens (tertiary/aromatic N) is 4. The highest BCUT2D eigenvalue weighted by atomic mass is 16.2. The summed E-state index contributed by atoms with van der Waals surface area (Å²) in [6, 6.07) is 12.9. The van der Waals surface area contributed by atoms with E-state index < -0.39 is 0 Å². The monoisotopic (exact) mass is 391 g/mol. The van der Waals surface area contributed by atoms with Gasteiger partial charge in [0.05, 0.1) is 30.9 Å². The fourth-order valence-electron chi connectivity index (χ4n) is 3.55. The highest BCUT2D eigenvalue weighted by molar-refractivity contribution is 5.96. The molecule has 0 bridgehead atoms. The molecule has 0 saturated carbocycles. The molecule has 7 heteroatoms. The Morgan fingerprint density at radius 2 is 1.72 bits per heavy atom. The van der Waals surface area contributed by atoms with Crippen molar-refractivity contribution in [3.63, 3.8) is 0 Å². The van der Waals surface area contributed by atoms with Gasteiger partial charge in [-0.1, -0.05) is 18.2 Å². The van der Waals surface area contributed by atoms with Crippen molar-refractivity contribution in [1.82, 2.24) is 24.6 Å². The van der Waals surface area contributed by atoms with Gasteiger partial charge < -0.3 is 14.8 Å². The molecule has 0 saturated heterocycles. The van der Waals surface area contributed by atoms with Gasteiger partial charge in [-0.25, -0.2) is 4.68 Å². The van der Waals surface area contributed by atoms with Gasteiger partial charge in [-0.3, -0.25) is 9.59 Å². The first-order valence-corrected chi connectivity index (χ1v) is 9.70. The fraction of sp³-hybridized carbons (Fsp3) is 0.318. The van der Waals surface area contributed by atoms with Crippen molar-refractivity contribution in [3.8, 4) is 5.82 Å². The zero-order valence-corrected chi connectivity index (χ0v) is 16.9. The van der Waals surface area contributed by atoms with E-state index in [1.807, 2.05) is 39.8 Å². The summed E-state index contributed by atoms with van der Waals surface area (Å²) >= 11 is 0. The second-order valence-electron chi connectivity index (χ2n) is 8.22. The van der Waals surface area contributed by atoms with E-state index in [0.29, 0.717) is 18.7 Å². The SMILES string of the molecule is CC(C)(C)n1nc2c(c1-n1cccc1)CN(C(=O)CNC(=O)c1ccccc1)C2. The van der Waals surface area contributed by atoms with Crippen molar-refractivity contribution in [1.29, 1.82) is 0 Å². The van der Waals surface area contributed by atoms with Gasteiger partial charge in [-0.15, -0.1) is 0 Å². The maximum Gasteiger partial charge on any atom is 0.251 e. The van der Waals surface area contributed by atoms with E-state index >= 15 is 0 Å². The van der Waals surface area contributed by atoms with Gasteiger partial charge in [0.2, 0.25) is 5.91 Å². The molecule has 7 nitrogen and oxygen atoms in total. The molecule has 0 aliphatic carbocycles. The smallest absolute Gasteiger partial charge is 0.251 e. The maximum absolute atomic E-state index is 12.7. The molecule has 0 fully saturated rings. The quantitative estimate of drug-likeness (QED) is 0.743. The summed E-state index contributed by atoms with van der Waals surface area (Å²) in [4.78, 5) is 26.6. The number of aromatic nitrogens is 3. The number of carbonyl (C=O) groups excluding carboxylic acids is 2. The van der Waals surface area contributed by atoms with Crippen molar-refractivity contribution >= 4 is 11.8 Å². The summed E-state index contributed by atoms with van der Waals surface area (Å²) in [5.74, 6) is 0.621. The van der Waals surface area contributed by atoms with Crippen LogP contribution in [0.15, 0.2) is 54.9 Å². The van der Waals surface area contributed by atoms with Crippen molar-refractivity contribution in [2.45, 2.75) is 39.4 Å². The minimum absolute atomic E-state index is 0.0316. The Labute approximate surface area is 169 Å². The van der Waals surface area contributed by atoms with Crippen LogP contribution in [0, 0.1) is 0 Å². The standard InChI is InChI=1S/C22H25N5O2/c1-22(2,3)27-21(25-11-7-8-12-25)17-14-26(15-18(17)24-27)19(28)13-23-20(29)16-9-5-4-6-10-16/h4-12H,13-15H2,1-3H3,(H,23,29). The Bertz CT molecular complexity index is 1030. The summed E-state index contributed by atoms with van der Waals surface area (Å²) in [6.07, 6.45) is 3.98. The molecule has 3 heterocycles. The largest absolute Gasteiger partial charge is 0.343 e. The van der Waals surface area contributed by atoms with Crippen molar-refractivity contribution in [2.75, 3.05) is 6.54 Å². The third-order valence-corrected chi connectivity index (χ3v) is 5.00. The minimum Gasteiger partial charge on any atom is -0.343 e. The molecular formula is C22H25N5O2. The Hall–Kier alpha value is -3.35. The highest BCUT2D eigenvalue weighted by Crippen LogP contribution is 2.31. The molecule has 0 spiro atoms. The molecular weight excluding hydrogens is 366 g/mol. The van der Waals surface area contributed by atoms with Crippen LogP contribution in [0.5, 0.6) is 0 Å². The zero-order valence-electron chi connectivity index (χ0n) is 16.9. The molecule has 1 aromatic carbocycles. The van der Waals surface area contributed by atoms with Gasteiger partial charge in [0.25, 0.3) is 5.91 Å². The number of rotatable bonds is 4. The van der Waals surface area contributed by atoms with E-state index in [0.717, 1.165) is 17.1 Å². The van der Waals surface area contributed by atoms with E-state index in [1.165, 1.54) is 0 Å². The first-order valence-electron chi connectivity index (χ1n) is 9.70. The van der Waals surface area contributed by atoms with Crippen LogP contribution in [0.25, 0.3) is 5.82 Å². The second kappa shape index (κ2) is 7.24. The number of amides is 2. The lowest BCUT2D eigenvalue weighted by atomic mass is 10.1. The Kier molecular flexibility index (Phi) is 4.74. The molecule has 0 radical (unpaired) electrons. The zero-order chi connectivity index (χ0) is 20.6. The molecule has 150 valence electrons. The molecule has 1 aliphatic heterocycles. The highest BCUT2D eigenvalue weighted by Gasteiger charge is 2.33. The van der Waals surface area contributed by atoms with Crippen LogP contribution in [0.4, 0.5) is 0 Å². The summed E-state index contributed by atoms with van der Waals surface area (Å²) in [5.41, 5.74) is 2.33. The van der Waals surface area contributed by atoms with Gasteiger partial charge in [0, 0.05) is 23.5 Å². The van der Waals surface area contributed by atoms with Gasteiger partial charge in [-0.2, -0.15) is 5.10 Å². The molecule has 3 aromatic rings. The molecule has 29 heavy (non-hydrogen) atoms. The third-order valence-electron chi connectivity index (χ3n) is 5.00. The predicted molar refractivity (Wildman–Crippen MR) is 110 cm³/mol. The lowest BCUT2D eigenvalue weighted by molar-refractivity contribution is -0.130. The number of hydrogen-bond acceptors (Lipinski definition) is 3. The van der Waals surface area contributed by atoms with E-state index in [-0.39, 0.29) is 23.9 Å². The first kappa shape index (κ1) is 19.0. The Balaban J connectivity index is 1.49. The number of benzene rings is 1. The summed E-state index contributed by atoms with van der Waals surface area (Å²) in [7, 11) is 0. The van der Waals surface area contributed by atoms with Crippen LogP contribution in [0.2, 0.25) is 0 Å². The van der Waals surface area contributed by atoms with Crippen LogP contribution in [0.1, 0.15) is 42.4 Å². The van der Waals surface area contributed by atoms with Crippen LogP contribution >= 0.6 is 0 Å². The molecule has 2 aromatic heterocycles. The summed E-state index contributed by atoms with van der Waals surface area (Å²) < 4.78 is 4.07. The number of hydrogen-bond donors (Lipinski definition) is 1. The molecule has 4 rings (SSSR count). The van der Waals surface area contributed by atoms with E-state index in [1.54, 1.807) is 29.2 Å². The maximum atomic E-state index is 12.7. The van der Waals surface area contributed by atoms with Gasteiger partial charge in [-0.05, 0) is 45.0 Å². The Morgan fingerprint density at radius 1 is 1.03 bits per heavy atom. The molecule has 1 N–H and O–H groups in total. The van der Waals surface area contributed by atoms with Gasteiger partial charge in [0.1, 0.15) is 5.82 Å². The molecule has 2 amide bonds. The molecule has 0 atom stereocenters. The Morgan fingerprint density at radius 3 is 2.38 bits per heavy atom. The lowest BCUT2D eigenvalue weighted by Gasteiger charge is -2.24. The topological polar surface area (TPSA) is 72.2 Å². The number of carbonyl (C=O) groups is 2. The predicted octanol–water partition coefficient (Wildman–Crippen LogP) is 2.70. The summed E-state index contributed by atoms with van der Waals surface area (Å²) in [6.45, 7) is 7.25. The van der Waals surface area contributed by atoms with Crippen molar-refractivity contribution < 1.29 is 9.59 Å². The fourth-order valence-corrected chi connectivity index (χ4v) is 3.55. The van der Waals surface area contributed by atoms with Crippen LogP contribution < -0.4 is 5.32 Å². The molecule has 1 aliphatic rings. The van der Waals surface area contributed by atoms with Gasteiger partial charge >= 0.3 is 0 Å². The molecule has 0 unspecified atom stereocenters. The van der Waals surface area contributed by atoms with E-state index in [9.17, 15) is 9.59 Å². The normalized spacial score (nSPS) is 13.4. The van der Waals surface area contributed by atoms with Crippen molar-refractivity contribution in [3.05, 3.63) is 71.7 Å². The average Bonchev–Trinajstić information content (AvgIpc) is 3.41. The van der Waals surface area contributed by atoms with Crippen molar-refractivity contribution in [2.24, 2.45) is 0 Å². The van der Waals surface area contributed by atoms with Gasteiger partial charge in [0.15, 0.2) is 0 Å². The number of fused-ring (bicyclic) bond motifs is 1. The summed E-state index contributed by atoms with van der Waals surface area (Å²) in [5, 5.41) is 7.52. The minimum atomic E-state index is -0.248.